The molecule has 2 atom stereocenters. The SMILES string of the molecule is Cc1cc(OCCCC2=C(C(=O)N[C@H]3CCC[C@@H](C(=O)O)C3)Cc3c2ccc(Cl)c3-c2c(C)nn(C)c2C)cc(C)c1Cl. The van der Waals surface area contributed by atoms with E-state index in [1.807, 2.05) is 63.7 Å². The van der Waals surface area contributed by atoms with E-state index in [9.17, 15) is 14.7 Å². The van der Waals surface area contributed by atoms with Crippen molar-refractivity contribution < 1.29 is 19.4 Å². The highest BCUT2D eigenvalue weighted by atomic mass is 35.5. The summed E-state index contributed by atoms with van der Waals surface area (Å²) in [6.45, 7) is 8.42. The molecule has 1 amide bonds. The maximum Gasteiger partial charge on any atom is 0.306 e. The van der Waals surface area contributed by atoms with Gasteiger partial charge < -0.3 is 15.2 Å². The topological polar surface area (TPSA) is 93.4 Å². The number of carbonyl (C=O) groups excluding carboxylic acids is 1. The molecule has 0 spiro atoms. The van der Waals surface area contributed by atoms with Crippen LogP contribution in [0.1, 0.15) is 72.2 Å². The Hall–Kier alpha value is -3.29. The van der Waals surface area contributed by atoms with Crippen LogP contribution in [0, 0.1) is 33.6 Å². The van der Waals surface area contributed by atoms with Crippen molar-refractivity contribution in [2.75, 3.05) is 6.61 Å². The summed E-state index contributed by atoms with van der Waals surface area (Å²) < 4.78 is 7.96. The molecule has 3 aromatic rings. The van der Waals surface area contributed by atoms with Gasteiger partial charge in [-0.15, -0.1) is 0 Å². The molecule has 1 heterocycles. The molecule has 2 aliphatic rings. The second-order valence-electron chi connectivity index (χ2n) is 11.9. The summed E-state index contributed by atoms with van der Waals surface area (Å²) in [4.78, 5) is 25.5. The van der Waals surface area contributed by atoms with E-state index in [-0.39, 0.29) is 11.9 Å². The van der Waals surface area contributed by atoms with E-state index in [4.69, 9.17) is 27.9 Å². The number of aromatic nitrogens is 2. The standard InChI is InChI=1S/C34H39Cl2N3O4/c1-18-14-24(15-19(2)32(18)36)43-13-7-10-25-26-11-12-29(35)31(30-20(3)38-39(5)21(30)4)27(26)17-28(25)33(40)37-23-9-6-8-22(16-23)34(41)42/h11-12,14-15,22-23H,6-10,13,16-17H2,1-5H3,(H,37,40)(H,41,42)/t22-,23+/m1/s1. The van der Waals surface area contributed by atoms with Gasteiger partial charge in [-0.1, -0.05) is 35.7 Å². The van der Waals surface area contributed by atoms with E-state index in [1.165, 1.54) is 0 Å². The molecule has 1 fully saturated rings. The second kappa shape index (κ2) is 12.7. The largest absolute Gasteiger partial charge is 0.494 e. The number of nitrogens with one attached hydrogen (secondary N) is 1. The lowest BCUT2D eigenvalue weighted by atomic mass is 9.85. The van der Waals surface area contributed by atoms with Gasteiger partial charge in [-0.2, -0.15) is 5.10 Å². The zero-order valence-electron chi connectivity index (χ0n) is 25.4. The van der Waals surface area contributed by atoms with Crippen LogP contribution in [0.15, 0.2) is 29.8 Å². The van der Waals surface area contributed by atoms with Gasteiger partial charge in [0.2, 0.25) is 5.91 Å². The molecular formula is C34H39Cl2N3O4. The Kier molecular flexibility index (Phi) is 9.23. The summed E-state index contributed by atoms with van der Waals surface area (Å²) in [7, 11) is 1.92. The fourth-order valence-electron chi connectivity index (χ4n) is 6.69. The van der Waals surface area contributed by atoms with Gasteiger partial charge in [-0.3, -0.25) is 14.3 Å². The van der Waals surface area contributed by atoms with Gasteiger partial charge in [-0.25, -0.2) is 0 Å². The van der Waals surface area contributed by atoms with E-state index in [1.54, 1.807) is 0 Å². The second-order valence-corrected chi connectivity index (χ2v) is 12.7. The summed E-state index contributed by atoms with van der Waals surface area (Å²) >= 11 is 13.2. The van der Waals surface area contributed by atoms with Crippen molar-refractivity contribution in [3.05, 3.63) is 73.5 Å². The molecule has 0 aliphatic heterocycles. The number of halogens is 2. The lowest BCUT2D eigenvalue weighted by molar-refractivity contribution is -0.143. The Morgan fingerprint density at radius 3 is 2.47 bits per heavy atom. The van der Waals surface area contributed by atoms with Gasteiger partial charge in [0, 0.05) is 51.9 Å². The zero-order valence-corrected chi connectivity index (χ0v) is 27.0. The van der Waals surface area contributed by atoms with Crippen molar-refractivity contribution in [1.29, 1.82) is 0 Å². The van der Waals surface area contributed by atoms with Crippen LogP contribution in [0.5, 0.6) is 5.75 Å². The molecule has 0 saturated heterocycles. The molecule has 1 aromatic heterocycles. The van der Waals surface area contributed by atoms with Gasteiger partial charge >= 0.3 is 5.97 Å². The van der Waals surface area contributed by atoms with Crippen LogP contribution >= 0.6 is 23.2 Å². The number of carbonyl (C=O) groups is 2. The van der Waals surface area contributed by atoms with Crippen molar-refractivity contribution in [3.8, 4) is 16.9 Å². The molecule has 2 aromatic carbocycles. The molecule has 43 heavy (non-hydrogen) atoms. The molecule has 1 saturated carbocycles. The number of hydrogen-bond donors (Lipinski definition) is 2. The number of amides is 1. The third kappa shape index (κ3) is 6.34. The number of carboxylic acids is 1. The number of hydrogen-bond acceptors (Lipinski definition) is 4. The average Bonchev–Trinajstić information content (AvgIpc) is 3.45. The highest BCUT2D eigenvalue weighted by Crippen LogP contribution is 2.45. The minimum Gasteiger partial charge on any atom is -0.494 e. The van der Waals surface area contributed by atoms with Crippen LogP contribution in [0.3, 0.4) is 0 Å². The van der Waals surface area contributed by atoms with Crippen LogP contribution in [0.25, 0.3) is 16.7 Å². The van der Waals surface area contributed by atoms with Crippen LogP contribution < -0.4 is 10.1 Å². The quantitative estimate of drug-likeness (QED) is 0.240. The molecule has 9 heteroatoms. The highest BCUT2D eigenvalue weighted by molar-refractivity contribution is 6.34. The van der Waals surface area contributed by atoms with E-state index >= 15 is 0 Å². The smallest absolute Gasteiger partial charge is 0.306 e. The fourth-order valence-corrected chi connectivity index (χ4v) is 7.07. The number of rotatable bonds is 9. The number of aryl methyl sites for hydroxylation is 4. The van der Waals surface area contributed by atoms with Crippen molar-refractivity contribution in [2.45, 2.75) is 78.7 Å². The highest BCUT2D eigenvalue weighted by Gasteiger charge is 2.33. The molecule has 2 aliphatic carbocycles. The van der Waals surface area contributed by atoms with Crippen LogP contribution in [-0.4, -0.2) is 39.4 Å². The summed E-state index contributed by atoms with van der Waals surface area (Å²) in [5.41, 5.74) is 9.53. The summed E-state index contributed by atoms with van der Waals surface area (Å²) in [5.74, 6) is -0.568. The monoisotopic (exact) mass is 623 g/mol. The fraction of sp³-hybridized carbons (Fsp3) is 0.441. The van der Waals surface area contributed by atoms with Gasteiger partial charge in [0.05, 0.1) is 18.2 Å². The maximum atomic E-state index is 13.9. The average molecular weight is 625 g/mol. The Morgan fingerprint density at radius 1 is 1.09 bits per heavy atom. The molecule has 7 nitrogen and oxygen atoms in total. The van der Waals surface area contributed by atoms with Gasteiger partial charge in [0.25, 0.3) is 0 Å². The van der Waals surface area contributed by atoms with E-state index in [2.05, 4.69) is 10.4 Å². The molecule has 0 radical (unpaired) electrons. The van der Waals surface area contributed by atoms with Gasteiger partial charge in [0.15, 0.2) is 0 Å². The van der Waals surface area contributed by atoms with Crippen LogP contribution in [0.2, 0.25) is 10.0 Å². The Morgan fingerprint density at radius 2 is 1.81 bits per heavy atom. The number of ether oxygens (including phenoxy) is 1. The van der Waals surface area contributed by atoms with Crippen molar-refractivity contribution in [3.63, 3.8) is 0 Å². The van der Waals surface area contributed by atoms with E-state index in [0.29, 0.717) is 49.3 Å². The molecule has 0 bridgehead atoms. The zero-order chi connectivity index (χ0) is 31.0. The lowest BCUT2D eigenvalue weighted by Gasteiger charge is -2.27. The van der Waals surface area contributed by atoms with Crippen molar-refractivity contribution in [2.24, 2.45) is 13.0 Å². The predicted octanol–water partition coefficient (Wildman–Crippen LogP) is 7.56. The number of aliphatic carboxylic acids is 1. The first kappa shape index (κ1) is 31.1. The molecular weight excluding hydrogens is 585 g/mol. The molecule has 5 rings (SSSR count). The third-order valence-electron chi connectivity index (χ3n) is 8.95. The minimum absolute atomic E-state index is 0.131. The first-order valence-electron chi connectivity index (χ1n) is 14.9. The van der Waals surface area contributed by atoms with Crippen LogP contribution in [-0.2, 0) is 23.1 Å². The number of nitrogens with zero attached hydrogens (tertiary/aromatic N) is 2. The Labute approximate surface area is 263 Å². The minimum atomic E-state index is -0.792. The van der Waals surface area contributed by atoms with Gasteiger partial charge in [-0.05, 0) is 106 Å². The Bertz CT molecular complexity index is 1600. The summed E-state index contributed by atoms with van der Waals surface area (Å²) in [5, 5.41) is 18.8. The van der Waals surface area contributed by atoms with Crippen LogP contribution in [0.4, 0.5) is 0 Å². The normalized spacial score (nSPS) is 18.1. The predicted molar refractivity (Wildman–Crippen MR) is 171 cm³/mol. The molecule has 228 valence electrons. The van der Waals surface area contributed by atoms with Crippen molar-refractivity contribution >= 4 is 40.7 Å². The summed E-state index contributed by atoms with van der Waals surface area (Å²) in [6, 6.07) is 7.66. The molecule has 0 unspecified atom stereocenters. The lowest BCUT2D eigenvalue weighted by Crippen LogP contribution is -2.40. The number of allylic oxidation sites excluding steroid dienone is 1. The maximum absolute atomic E-state index is 13.9. The number of benzene rings is 2. The first-order chi connectivity index (χ1) is 20.5. The van der Waals surface area contributed by atoms with Gasteiger partial charge in [0.1, 0.15) is 5.75 Å². The number of fused-ring (bicyclic) bond motifs is 1. The third-order valence-corrected chi connectivity index (χ3v) is 9.86. The van der Waals surface area contributed by atoms with Crippen molar-refractivity contribution in [1.82, 2.24) is 15.1 Å². The Balaban J connectivity index is 1.44. The number of carboxylic acid groups (broad SMARTS) is 1. The molecule has 2 N–H and O–H groups in total. The summed E-state index contributed by atoms with van der Waals surface area (Å²) in [6.07, 6.45) is 4.48. The first-order valence-corrected chi connectivity index (χ1v) is 15.7. The van der Waals surface area contributed by atoms with E-state index < -0.39 is 11.9 Å². The van der Waals surface area contributed by atoms with E-state index in [0.717, 1.165) is 74.0 Å².